The molecular formula is C14H18BrNO4. The molecule has 1 rings (SSSR count). The van der Waals surface area contributed by atoms with Gasteiger partial charge in [0, 0.05) is 18.1 Å². The largest absolute Gasteiger partial charge is 0.484 e. The van der Waals surface area contributed by atoms with Crippen LogP contribution in [-0.4, -0.2) is 43.6 Å². The molecule has 1 aromatic carbocycles. The summed E-state index contributed by atoms with van der Waals surface area (Å²) < 4.78 is 11.1. The van der Waals surface area contributed by atoms with E-state index < -0.39 is 0 Å². The van der Waals surface area contributed by atoms with E-state index in [-0.39, 0.29) is 24.9 Å². The van der Waals surface area contributed by atoms with Crippen molar-refractivity contribution in [1.29, 1.82) is 0 Å². The maximum atomic E-state index is 11.8. The monoisotopic (exact) mass is 343 g/mol. The van der Waals surface area contributed by atoms with E-state index in [1.54, 1.807) is 26.1 Å². The van der Waals surface area contributed by atoms with E-state index in [0.717, 1.165) is 4.47 Å². The van der Waals surface area contributed by atoms with Crippen molar-refractivity contribution >= 4 is 27.8 Å². The third-order valence-corrected chi connectivity index (χ3v) is 3.09. The Kier molecular flexibility index (Phi) is 7.08. The minimum Gasteiger partial charge on any atom is -0.484 e. The lowest BCUT2D eigenvalue weighted by molar-refractivity contribution is -0.144. The molecule has 0 aliphatic heterocycles. The van der Waals surface area contributed by atoms with Crippen LogP contribution in [0.2, 0.25) is 0 Å². The maximum absolute atomic E-state index is 11.8. The first-order chi connectivity index (χ1) is 9.52. The van der Waals surface area contributed by atoms with Crippen LogP contribution in [0.25, 0.3) is 0 Å². The lowest BCUT2D eigenvalue weighted by Gasteiger charge is -2.16. The van der Waals surface area contributed by atoms with Crippen LogP contribution in [0.4, 0.5) is 0 Å². The van der Waals surface area contributed by atoms with E-state index in [1.165, 1.54) is 4.90 Å². The van der Waals surface area contributed by atoms with Gasteiger partial charge in [0.05, 0.1) is 13.0 Å². The summed E-state index contributed by atoms with van der Waals surface area (Å²) in [5.74, 6) is 0.138. The quantitative estimate of drug-likeness (QED) is 0.712. The lowest BCUT2D eigenvalue weighted by atomic mass is 10.3. The van der Waals surface area contributed by atoms with Crippen molar-refractivity contribution in [3.05, 3.63) is 28.7 Å². The SMILES string of the molecule is CCOC(=O)CCN(C)C(=O)COc1ccc(Br)cc1. The van der Waals surface area contributed by atoms with E-state index in [4.69, 9.17) is 9.47 Å². The highest BCUT2D eigenvalue weighted by atomic mass is 79.9. The molecule has 0 atom stereocenters. The zero-order chi connectivity index (χ0) is 15.0. The average molecular weight is 344 g/mol. The van der Waals surface area contributed by atoms with Crippen LogP contribution < -0.4 is 4.74 Å². The number of hydrogen-bond donors (Lipinski definition) is 0. The maximum Gasteiger partial charge on any atom is 0.307 e. The highest BCUT2D eigenvalue weighted by Crippen LogP contribution is 2.15. The average Bonchev–Trinajstić information content (AvgIpc) is 2.44. The van der Waals surface area contributed by atoms with Crippen molar-refractivity contribution in [2.24, 2.45) is 0 Å². The first kappa shape index (κ1) is 16.5. The minimum absolute atomic E-state index is 0.0546. The summed E-state index contributed by atoms with van der Waals surface area (Å²) in [4.78, 5) is 24.4. The third-order valence-electron chi connectivity index (χ3n) is 2.56. The Morgan fingerprint density at radius 3 is 2.50 bits per heavy atom. The molecule has 0 fully saturated rings. The molecule has 1 aromatic rings. The van der Waals surface area contributed by atoms with Gasteiger partial charge in [0.2, 0.25) is 0 Å². The first-order valence-corrected chi connectivity index (χ1v) is 7.10. The molecule has 0 saturated carbocycles. The van der Waals surface area contributed by atoms with Crippen LogP contribution >= 0.6 is 15.9 Å². The molecule has 5 nitrogen and oxygen atoms in total. The standard InChI is InChI=1S/C14H18BrNO4/c1-3-19-14(18)8-9-16(2)13(17)10-20-12-6-4-11(15)5-7-12/h4-7H,3,8-10H2,1-2H3. The van der Waals surface area contributed by atoms with Crippen molar-refractivity contribution in [3.8, 4) is 5.75 Å². The normalized spacial score (nSPS) is 9.95. The van der Waals surface area contributed by atoms with Gasteiger partial charge in [0.1, 0.15) is 5.75 Å². The fraction of sp³-hybridized carbons (Fsp3) is 0.429. The van der Waals surface area contributed by atoms with E-state index in [1.807, 2.05) is 12.1 Å². The molecule has 0 bridgehead atoms. The van der Waals surface area contributed by atoms with Gasteiger partial charge in [-0.15, -0.1) is 0 Å². The summed E-state index contributed by atoms with van der Waals surface area (Å²) in [6.07, 6.45) is 0.189. The predicted molar refractivity (Wildman–Crippen MR) is 78.5 cm³/mol. The summed E-state index contributed by atoms with van der Waals surface area (Å²) in [6, 6.07) is 7.22. The van der Waals surface area contributed by atoms with Crippen molar-refractivity contribution in [1.82, 2.24) is 4.90 Å². The minimum atomic E-state index is -0.305. The highest BCUT2D eigenvalue weighted by Gasteiger charge is 2.11. The number of ether oxygens (including phenoxy) is 2. The number of benzene rings is 1. The van der Waals surface area contributed by atoms with Gasteiger partial charge in [0.25, 0.3) is 5.91 Å². The Morgan fingerprint density at radius 1 is 1.25 bits per heavy atom. The van der Waals surface area contributed by atoms with E-state index in [0.29, 0.717) is 18.9 Å². The zero-order valence-corrected chi connectivity index (χ0v) is 13.2. The first-order valence-electron chi connectivity index (χ1n) is 6.31. The molecule has 110 valence electrons. The second-order valence-corrected chi connectivity index (χ2v) is 5.03. The molecule has 0 aromatic heterocycles. The van der Waals surface area contributed by atoms with Gasteiger partial charge < -0.3 is 14.4 Å². The molecule has 0 spiro atoms. The van der Waals surface area contributed by atoms with E-state index in [2.05, 4.69) is 15.9 Å². The number of hydrogen-bond acceptors (Lipinski definition) is 4. The van der Waals surface area contributed by atoms with Crippen molar-refractivity contribution in [2.45, 2.75) is 13.3 Å². The van der Waals surface area contributed by atoms with Crippen LogP contribution in [-0.2, 0) is 14.3 Å². The summed E-state index contributed by atoms with van der Waals surface area (Å²) in [5.41, 5.74) is 0. The van der Waals surface area contributed by atoms with Crippen molar-refractivity contribution in [2.75, 3.05) is 26.8 Å². The van der Waals surface area contributed by atoms with E-state index in [9.17, 15) is 9.59 Å². The van der Waals surface area contributed by atoms with Gasteiger partial charge >= 0.3 is 5.97 Å². The molecule has 0 radical (unpaired) electrons. The third kappa shape index (κ3) is 6.06. The lowest BCUT2D eigenvalue weighted by Crippen LogP contribution is -2.33. The topological polar surface area (TPSA) is 55.8 Å². The molecule has 0 N–H and O–H groups in total. The Labute approximate surface area is 127 Å². The fourth-order valence-electron chi connectivity index (χ4n) is 1.40. The number of carbonyl (C=O) groups is 2. The Hall–Kier alpha value is -1.56. The fourth-order valence-corrected chi connectivity index (χ4v) is 1.67. The van der Waals surface area contributed by atoms with Gasteiger partial charge in [-0.05, 0) is 31.2 Å². The Bertz CT molecular complexity index is 447. The number of amides is 1. The van der Waals surface area contributed by atoms with Crippen LogP contribution in [0, 0.1) is 0 Å². The molecule has 0 heterocycles. The van der Waals surface area contributed by atoms with Crippen LogP contribution in [0.3, 0.4) is 0 Å². The summed E-state index contributed by atoms with van der Waals surface area (Å²) >= 11 is 3.32. The second kappa shape index (κ2) is 8.58. The molecular weight excluding hydrogens is 326 g/mol. The van der Waals surface area contributed by atoms with E-state index >= 15 is 0 Å². The molecule has 0 aliphatic rings. The van der Waals surface area contributed by atoms with Gasteiger partial charge in [-0.25, -0.2) is 0 Å². The van der Waals surface area contributed by atoms with Crippen LogP contribution in [0.1, 0.15) is 13.3 Å². The number of rotatable bonds is 7. The van der Waals surface area contributed by atoms with Gasteiger partial charge in [-0.1, -0.05) is 15.9 Å². The number of halogens is 1. The summed E-state index contributed by atoms with van der Waals surface area (Å²) in [6.45, 7) is 2.37. The van der Waals surface area contributed by atoms with Gasteiger partial charge in [-0.2, -0.15) is 0 Å². The molecule has 1 amide bonds. The van der Waals surface area contributed by atoms with Crippen molar-refractivity contribution in [3.63, 3.8) is 0 Å². The molecule has 0 aliphatic carbocycles. The highest BCUT2D eigenvalue weighted by molar-refractivity contribution is 9.10. The number of esters is 1. The molecule has 0 saturated heterocycles. The van der Waals surface area contributed by atoms with Crippen LogP contribution in [0.15, 0.2) is 28.7 Å². The summed E-state index contributed by atoms with van der Waals surface area (Å²) in [7, 11) is 1.63. The summed E-state index contributed by atoms with van der Waals surface area (Å²) in [5, 5.41) is 0. The van der Waals surface area contributed by atoms with Gasteiger partial charge in [-0.3, -0.25) is 9.59 Å². The molecule has 20 heavy (non-hydrogen) atoms. The number of nitrogens with zero attached hydrogens (tertiary/aromatic N) is 1. The molecule has 6 heteroatoms. The smallest absolute Gasteiger partial charge is 0.307 e. The Morgan fingerprint density at radius 2 is 1.90 bits per heavy atom. The van der Waals surface area contributed by atoms with Crippen LogP contribution in [0.5, 0.6) is 5.75 Å². The predicted octanol–water partition coefficient (Wildman–Crippen LogP) is 2.24. The second-order valence-electron chi connectivity index (χ2n) is 4.11. The number of likely N-dealkylation sites (N-methyl/N-ethyl adjacent to an activating group) is 1. The van der Waals surface area contributed by atoms with Crippen molar-refractivity contribution < 1.29 is 19.1 Å². The zero-order valence-electron chi connectivity index (χ0n) is 11.6. The Balaban J connectivity index is 2.31. The molecule has 0 unspecified atom stereocenters. The van der Waals surface area contributed by atoms with Gasteiger partial charge in [0.15, 0.2) is 6.61 Å². The number of carbonyl (C=O) groups excluding carboxylic acids is 2.